The lowest BCUT2D eigenvalue weighted by Crippen LogP contribution is -2.47. The molecule has 1 aliphatic rings. The summed E-state index contributed by atoms with van der Waals surface area (Å²) < 4.78 is 37.5. The Hall–Kier alpha value is -2.61. The van der Waals surface area contributed by atoms with Crippen LogP contribution in [0.2, 0.25) is 0 Å². The van der Waals surface area contributed by atoms with E-state index in [1.807, 2.05) is 0 Å². The molecule has 0 aliphatic carbocycles. The van der Waals surface area contributed by atoms with Gasteiger partial charge < -0.3 is 9.47 Å². The molecule has 0 N–H and O–H groups in total. The van der Waals surface area contributed by atoms with Crippen molar-refractivity contribution in [1.29, 1.82) is 0 Å². The molecule has 1 aromatic carbocycles. The second-order valence-electron chi connectivity index (χ2n) is 4.97. The fourth-order valence-electron chi connectivity index (χ4n) is 2.43. The molecule has 3 rings (SSSR count). The summed E-state index contributed by atoms with van der Waals surface area (Å²) >= 11 is 0. The molecule has 0 bridgehead atoms. The summed E-state index contributed by atoms with van der Waals surface area (Å²) in [5.41, 5.74) is -1.93. The average molecular weight is 322 g/mol. The minimum Gasteiger partial charge on any atom is -0.433 e. The molecule has 120 valence electrons. The number of ether oxygens (including phenoxy) is 2. The molecule has 1 saturated heterocycles. The van der Waals surface area contributed by atoms with Crippen LogP contribution in [0.1, 0.15) is 12.0 Å². The standard InChI is InChI=1S/C15H12F2N2O4/c16-14(17)15(7-9-22-15)10-4-1-2-6-12(10)23-13-11(19(20)21)5-3-8-18-13/h1-6,8,14H,7,9H2. The maximum Gasteiger partial charge on any atom is 0.331 e. The summed E-state index contributed by atoms with van der Waals surface area (Å²) in [7, 11) is 0. The Morgan fingerprint density at radius 2 is 2.04 bits per heavy atom. The summed E-state index contributed by atoms with van der Waals surface area (Å²) in [6, 6.07) is 8.72. The van der Waals surface area contributed by atoms with Crippen LogP contribution in [-0.2, 0) is 10.3 Å². The van der Waals surface area contributed by atoms with Crippen molar-refractivity contribution in [3.05, 3.63) is 58.3 Å². The molecule has 1 aliphatic heterocycles. The molecule has 0 amide bonds. The van der Waals surface area contributed by atoms with Crippen LogP contribution in [0.5, 0.6) is 11.6 Å². The predicted molar refractivity (Wildman–Crippen MR) is 75.7 cm³/mol. The number of nitro groups is 1. The zero-order chi connectivity index (χ0) is 16.4. The van der Waals surface area contributed by atoms with E-state index in [9.17, 15) is 18.9 Å². The van der Waals surface area contributed by atoms with Crippen LogP contribution in [-0.4, -0.2) is 22.9 Å². The van der Waals surface area contributed by atoms with Gasteiger partial charge in [-0.2, -0.15) is 0 Å². The van der Waals surface area contributed by atoms with Crippen molar-refractivity contribution in [3.63, 3.8) is 0 Å². The zero-order valence-corrected chi connectivity index (χ0v) is 11.8. The first-order valence-corrected chi connectivity index (χ1v) is 6.83. The fraction of sp³-hybridized carbons (Fsp3) is 0.267. The van der Waals surface area contributed by atoms with Crippen LogP contribution in [0.3, 0.4) is 0 Å². The molecule has 0 saturated carbocycles. The van der Waals surface area contributed by atoms with Gasteiger partial charge in [-0.3, -0.25) is 10.1 Å². The van der Waals surface area contributed by atoms with Crippen molar-refractivity contribution in [2.75, 3.05) is 6.61 Å². The maximum absolute atomic E-state index is 13.4. The topological polar surface area (TPSA) is 74.5 Å². The van der Waals surface area contributed by atoms with Gasteiger partial charge in [0.2, 0.25) is 0 Å². The zero-order valence-electron chi connectivity index (χ0n) is 11.8. The summed E-state index contributed by atoms with van der Waals surface area (Å²) in [5, 5.41) is 11.0. The Labute approximate surface area is 129 Å². The maximum atomic E-state index is 13.4. The molecular weight excluding hydrogens is 310 g/mol. The molecule has 0 radical (unpaired) electrons. The van der Waals surface area contributed by atoms with Crippen LogP contribution < -0.4 is 4.74 Å². The van der Waals surface area contributed by atoms with Crippen LogP contribution in [0, 0.1) is 10.1 Å². The largest absolute Gasteiger partial charge is 0.433 e. The van der Waals surface area contributed by atoms with Crippen molar-refractivity contribution in [3.8, 4) is 11.6 Å². The average Bonchev–Trinajstić information content (AvgIpc) is 2.48. The van der Waals surface area contributed by atoms with Crippen molar-refractivity contribution in [2.45, 2.75) is 18.4 Å². The van der Waals surface area contributed by atoms with Gasteiger partial charge >= 0.3 is 5.69 Å². The first kappa shape index (κ1) is 15.3. The second-order valence-corrected chi connectivity index (χ2v) is 4.97. The highest BCUT2D eigenvalue weighted by atomic mass is 19.3. The lowest BCUT2D eigenvalue weighted by atomic mass is 9.86. The monoisotopic (exact) mass is 322 g/mol. The Morgan fingerprint density at radius 1 is 1.30 bits per heavy atom. The van der Waals surface area contributed by atoms with Crippen LogP contribution >= 0.6 is 0 Å². The number of aromatic nitrogens is 1. The van der Waals surface area contributed by atoms with Crippen LogP contribution in [0.4, 0.5) is 14.5 Å². The number of benzene rings is 1. The number of pyridine rings is 1. The second kappa shape index (κ2) is 5.88. The summed E-state index contributed by atoms with van der Waals surface area (Å²) in [6.07, 6.45) is -1.26. The molecule has 2 heterocycles. The molecule has 1 fully saturated rings. The van der Waals surface area contributed by atoms with Gasteiger partial charge in [0.1, 0.15) is 5.75 Å². The van der Waals surface area contributed by atoms with Crippen LogP contribution in [0.25, 0.3) is 0 Å². The van der Waals surface area contributed by atoms with Gasteiger partial charge in [0.05, 0.1) is 11.5 Å². The molecule has 1 unspecified atom stereocenters. The third kappa shape index (κ3) is 2.61. The van der Waals surface area contributed by atoms with Crippen molar-refractivity contribution in [1.82, 2.24) is 4.98 Å². The van der Waals surface area contributed by atoms with Crippen LogP contribution in [0.15, 0.2) is 42.6 Å². The van der Waals surface area contributed by atoms with E-state index in [0.717, 1.165) is 0 Å². The quantitative estimate of drug-likeness (QED) is 0.620. The van der Waals surface area contributed by atoms with E-state index < -0.39 is 16.9 Å². The number of nitrogens with zero attached hydrogens (tertiary/aromatic N) is 2. The Balaban J connectivity index is 2.01. The first-order valence-electron chi connectivity index (χ1n) is 6.83. The normalized spacial score (nSPS) is 20.1. The number of alkyl halides is 2. The molecule has 8 heteroatoms. The third-order valence-corrected chi connectivity index (χ3v) is 3.68. The minimum absolute atomic E-state index is 0.0642. The molecule has 6 nitrogen and oxygen atoms in total. The van der Waals surface area contributed by atoms with E-state index in [4.69, 9.17) is 9.47 Å². The number of hydrogen-bond donors (Lipinski definition) is 0. The molecule has 2 aromatic rings. The Kier molecular flexibility index (Phi) is 3.91. The summed E-state index contributed by atoms with van der Waals surface area (Å²) in [6.45, 7) is 0.225. The van der Waals surface area contributed by atoms with E-state index in [2.05, 4.69) is 4.98 Å². The Bertz CT molecular complexity index is 735. The number of para-hydroxylation sites is 1. The predicted octanol–water partition coefficient (Wildman–Crippen LogP) is 3.66. The van der Waals surface area contributed by atoms with Crippen molar-refractivity contribution < 1.29 is 23.2 Å². The highest BCUT2D eigenvalue weighted by molar-refractivity contribution is 5.46. The lowest BCUT2D eigenvalue weighted by Gasteiger charge is -2.41. The SMILES string of the molecule is O=[N+]([O-])c1cccnc1Oc1ccccc1C1(C(F)F)CCO1. The van der Waals surface area contributed by atoms with Gasteiger partial charge in [0, 0.05) is 24.2 Å². The van der Waals surface area contributed by atoms with Gasteiger partial charge in [0.15, 0.2) is 5.60 Å². The van der Waals surface area contributed by atoms with Crippen molar-refractivity contribution >= 4 is 5.69 Å². The molecule has 1 aromatic heterocycles. The van der Waals surface area contributed by atoms with Gasteiger partial charge in [-0.1, -0.05) is 18.2 Å². The van der Waals surface area contributed by atoms with E-state index in [1.54, 1.807) is 12.1 Å². The molecular formula is C15H12F2N2O4. The van der Waals surface area contributed by atoms with E-state index in [-0.39, 0.29) is 35.9 Å². The van der Waals surface area contributed by atoms with Gasteiger partial charge in [-0.15, -0.1) is 0 Å². The van der Waals surface area contributed by atoms with E-state index in [0.29, 0.717) is 0 Å². The van der Waals surface area contributed by atoms with Gasteiger partial charge in [-0.05, 0) is 12.1 Å². The molecule has 0 spiro atoms. The Morgan fingerprint density at radius 3 is 2.65 bits per heavy atom. The summed E-state index contributed by atoms with van der Waals surface area (Å²) in [5.74, 6) is -0.192. The smallest absolute Gasteiger partial charge is 0.331 e. The van der Waals surface area contributed by atoms with Gasteiger partial charge in [0.25, 0.3) is 12.3 Å². The summed E-state index contributed by atoms with van der Waals surface area (Å²) in [4.78, 5) is 14.2. The lowest BCUT2D eigenvalue weighted by molar-refractivity contribution is -0.386. The first-order chi connectivity index (χ1) is 11.0. The molecule has 23 heavy (non-hydrogen) atoms. The van der Waals surface area contributed by atoms with Gasteiger partial charge in [-0.25, -0.2) is 13.8 Å². The van der Waals surface area contributed by atoms with E-state index >= 15 is 0 Å². The number of rotatable bonds is 5. The van der Waals surface area contributed by atoms with Crippen molar-refractivity contribution in [2.24, 2.45) is 0 Å². The minimum atomic E-state index is -2.74. The third-order valence-electron chi connectivity index (χ3n) is 3.68. The van der Waals surface area contributed by atoms with E-state index in [1.165, 1.54) is 30.5 Å². The molecule has 1 atom stereocenters. The highest BCUT2D eigenvalue weighted by Gasteiger charge is 2.50. The fourth-order valence-corrected chi connectivity index (χ4v) is 2.43. The number of hydrogen-bond acceptors (Lipinski definition) is 5. The highest BCUT2D eigenvalue weighted by Crippen LogP contribution is 2.47. The number of halogens is 2.